The molecule has 0 aliphatic heterocycles. The van der Waals surface area contributed by atoms with Crippen LogP contribution in [0.4, 0.5) is 0 Å². The lowest BCUT2D eigenvalue weighted by Gasteiger charge is -2.21. The van der Waals surface area contributed by atoms with Crippen LogP contribution in [-0.2, 0) is 14.8 Å². The Hall–Kier alpha value is -1.18. The van der Waals surface area contributed by atoms with Gasteiger partial charge < -0.3 is 5.11 Å². The second kappa shape index (κ2) is 4.99. The molecule has 1 heterocycles. The molecule has 1 unspecified atom stereocenters. The third kappa shape index (κ3) is 2.74. The summed E-state index contributed by atoms with van der Waals surface area (Å²) in [5.41, 5.74) is 0. The number of sulfonamides is 1. The van der Waals surface area contributed by atoms with Crippen molar-refractivity contribution in [1.82, 2.24) is 9.29 Å². The zero-order valence-electron chi connectivity index (χ0n) is 9.16. The predicted molar refractivity (Wildman–Crippen MR) is 61.3 cm³/mol. The number of likely N-dealkylation sites (N-methyl/N-ethyl adjacent to an activating group) is 1. The van der Waals surface area contributed by atoms with Crippen molar-refractivity contribution >= 4 is 27.6 Å². The summed E-state index contributed by atoms with van der Waals surface area (Å²) in [5.74, 6) is -1.24. The molecule has 0 saturated heterocycles. The summed E-state index contributed by atoms with van der Waals surface area (Å²) in [7, 11) is -2.78. The van der Waals surface area contributed by atoms with E-state index < -0.39 is 22.0 Å². The van der Waals surface area contributed by atoms with E-state index >= 15 is 0 Å². The predicted octanol–water partition coefficient (Wildman–Crippen LogP) is 0.829. The number of carbonyl (C=O) groups is 1. The van der Waals surface area contributed by atoms with E-state index in [0.29, 0.717) is 0 Å². The van der Waals surface area contributed by atoms with Crippen molar-refractivity contribution < 1.29 is 18.3 Å². The molecule has 0 radical (unpaired) electrons. The first-order valence-electron chi connectivity index (χ1n) is 4.60. The van der Waals surface area contributed by atoms with Crippen LogP contribution in [0.1, 0.15) is 6.92 Å². The van der Waals surface area contributed by atoms with Crippen LogP contribution in [0.3, 0.4) is 0 Å². The van der Waals surface area contributed by atoms with Gasteiger partial charge in [-0.3, -0.25) is 4.79 Å². The highest BCUT2D eigenvalue weighted by molar-refractivity contribution is 7.89. The Morgan fingerprint density at radius 3 is 2.65 bits per heavy atom. The van der Waals surface area contributed by atoms with Crippen LogP contribution in [0.5, 0.6) is 0 Å². The van der Waals surface area contributed by atoms with E-state index in [9.17, 15) is 13.2 Å². The number of pyridine rings is 1. The first-order valence-corrected chi connectivity index (χ1v) is 6.41. The Labute approximate surface area is 104 Å². The number of aliphatic carboxylic acids is 1. The van der Waals surface area contributed by atoms with Gasteiger partial charge in [0.1, 0.15) is 16.1 Å². The zero-order chi connectivity index (χ0) is 13.2. The molecule has 0 saturated carbocycles. The molecular weight excluding hydrogens is 268 g/mol. The topological polar surface area (TPSA) is 87.6 Å². The maximum atomic E-state index is 12.0. The van der Waals surface area contributed by atoms with Crippen molar-refractivity contribution in [3.8, 4) is 0 Å². The molecule has 0 aliphatic rings. The van der Waals surface area contributed by atoms with Crippen LogP contribution in [0.15, 0.2) is 23.2 Å². The van der Waals surface area contributed by atoms with Gasteiger partial charge in [0.2, 0.25) is 10.0 Å². The Bertz CT molecular complexity index is 532. The minimum absolute atomic E-state index is 0.183. The van der Waals surface area contributed by atoms with Crippen molar-refractivity contribution in [2.24, 2.45) is 0 Å². The fraction of sp³-hybridized carbons (Fsp3) is 0.333. The molecule has 94 valence electrons. The smallest absolute Gasteiger partial charge is 0.321 e. The van der Waals surface area contributed by atoms with Crippen molar-refractivity contribution in [3.05, 3.63) is 23.5 Å². The molecule has 1 atom stereocenters. The monoisotopic (exact) mass is 278 g/mol. The lowest BCUT2D eigenvalue weighted by atomic mass is 10.4. The van der Waals surface area contributed by atoms with Crippen LogP contribution < -0.4 is 0 Å². The fourth-order valence-corrected chi connectivity index (χ4v) is 2.83. The second-order valence-electron chi connectivity index (χ2n) is 3.33. The van der Waals surface area contributed by atoms with Crippen molar-refractivity contribution in [2.45, 2.75) is 17.9 Å². The third-order valence-electron chi connectivity index (χ3n) is 2.28. The first kappa shape index (κ1) is 13.9. The van der Waals surface area contributed by atoms with Crippen LogP contribution in [-0.4, -0.2) is 41.9 Å². The Morgan fingerprint density at radius 1 is 1.59 bits per heavy atom. The van der Waals surface area contributed by atoms with E-state index in [0.717, 1.165) is 4.31 Å². The van der Waals surface area contributed by atoms with Gasteiger partial charge in [0.15, 0.2) is 0 Å². The van der Waals surface area contributed by atoms with Gasteiger partial charge in [-0.2, -0.15) is 4.31 Å². The van der Waals surface area contributed by atoms with Crippen LogP contribution >= 0.6 is 11.6 Å². The molecule has 1 aromatic heterocycles. The molecule has 0 fully saturated rings. The zero-order valence-corrected chi connectivity index (χ0v) is 10.7. The summed E-state index contributed by atoms with van der Waals surface area (Å²) in [6.45, 7) is 1.27. The Kier molecular flexibility index (Phi) is 4.07. The first-order chi connectivity index (χ1) is 7.78. The van der Waals surface area contributed by atoms with Gasteiger partial charge in [-0.15, -0.1) is 0 Å². The van der Waals surface area contributed by atoms with E-state index in [1.807, 2.05) is 0 Å². The van der Waals surface area contributed by atoms with Gasteiger partial charge in [-0.05, 0) is 19.1 Å². The quantitative estimate of drug-likeness (QED) is 0.824. The van der Waals surface area contributed by atoms with Crippen LogP contribution in [0, 0.1) is 0 Å². The SMILES string of the molecule is CC(C(=O)O)N(C)S(=O)(=O)c1cccnc1Cl. The molecule has 1 rings (SSSR count). The minimum atomic E-state index is -3.96. The summed E-state index contributed by atoms with van der Waals surface area (Å²) in [6.07, 6.45) is 1.35. The number of halogens is 1. The molecule has 1 aromatic rings. The highest BCUT2D eigenvalue weighted by Gasteiger charge is 2.31. The average molecular weight is 279 g/mol. The van der Waals surface area contributed by atoms with Gasteiger partial charge in [-0.25, -0.2) is 13.4 Å². The molecule has 0 aromatic carbocycles. The van der Waals surface area contributed by atoms with Gasteiger partial charge in [0.25, 0.3) is 0 Å². The molecule has 0 spiro atoms. The van der Waals surface area contributed by atoms with E-state index in [-0.39, 0.29) is 10.0 Å². The number of aromatic nitrogens is 1. The number of hydrogen-bond acceptors (Lipinski definition) is 4. The highest BCUT2D eigenvalue weighted by Crippen LogP contribution is 2.22. The van der Waals surface area contributed by atoms with Crippen LogP contribution in [0.25, 0.3) is 0 Å². The molecular formula is C9H11ClN2O4S. The van der Waals surface area contributed by atoms with Crippen molar-refractivity contribution in [1.29, 1.82) is 0 Å². The number of nitrogens with zero attached hydrogens (tertiary/aromatic N) is 2. The molecule has 0 bridgehead atoms. The average Bonchev–Trinajstić information content (AvgIpc) is 2.27. The molecule has 8 heteroatoms. The Morgan fingerprint density at radius 2 is 2.18 bits per heavy atom. The number of rotatable bonds is 4. The summed E-state index contributed by atoms with van der Waals surface area (Å²) in [4.78, 5) is 14.2. The molecule has 0 aliphatic carbocycles. The van der Waals surface area contributed by atoms with E-state index in [4.69, 9.17) is 16.7 Å². The lowest BCUT2D eigenvalue weighted by molar-refractivity contribution is -0.140. The molecule has 1 N–H and O–H groups in total. The minimum Gasteiger partial charge on any atom is -0.480 e. The third-order valence-corrected chi connectivity index (χ3v) is 4.66. The van der Waals surface area contributed by atoms with E-state index in [1.54, 1.807) is 0 Å². The van der Waals surface area contributed by atoms with Gasteiger partial charge in [0.05, 0.1) is 0 Å². The molecule has 6 nitrogen and oxygen atoms in total. The largest absolute Gasteiger partial charge is 0.480 e. The number of carboxylic acids is 1. The van der Waals surface area contributed by atoms with Crippen LogP contribution in [0.2, 0.25) is 5.15 Å². The summed E-state index contributed by atoms with van der Waals surface area (Å²) in [6, 6.07) is 1.50. The standard InChI is InChI=1S/C9H11ClN2O4S/c1-6(9(13)14)12(2)17(15,16)7-4-3-5-11-8(7)10/h3-6H,1-2H3,(H,13,14). The lowest BCUT2D eigenvalue weighted by Crippen LogP contribution is -2.40. The van der Waals surface area contributed by atoms with Gasteiger partial charge in [-0.1, -0.05) is 11.6 Å². The number of carboxylic acid groups (broad SMARTS) is 1. The van der Waals surface area contributed by atoms with E-state index in [1.165, 1.54) is 32.3 Å². The molecule has 0 amide bonds. The maximum absolute atomic E-state index is 12.0. The van der Waals surface area contributed by atoms with E-state index in [2.05, 4.69) is 4.98 Å². The normalized spacial score (nSPS) is 13.6. The molecule has 17 heavy (non-hydrogen) atoms. The maximum Gasteiger partial charge on any atom is 0.321 e. The number of hydrogen-bond donors (Lipinski definition) is 1. The van der Waals surface area contributed by atoms with Gasteiger partial charge in [0, 0.05) is 13.2 Å². The highest BCUT2D eigenvalue weighted by atomic mass is 35.5. The fourth-order valence-electron chi connectivity index (χ4n) is 1.08. The summed E-state index contributed by atoms with van der Waals surface area (Å²) in [5, 5.41) is 8.59. The summed E-state index contributed by atoms with van der Waals surface area (Å²) < 4.78 is 24.8. The second-order valence-corrected chi connectivity index (χ2v) is 5.65. The summed E-state index contributed by atoms with van der Waals surface area (Å²) >= 11 is 5.67. The van der Waals surface area contributed by atoms with Crippen molar-refractivity contribution in [3.63, 3.8) is 0 Å². The van der Waals surface area contributed by atoms with Gasteiger partial charge >= 0.3 is 5.97 Å². The Balaban J connectivity index is 3.21. The van der Waals surface area contributed by atoms with Crippen molar-refractivity contribution in [2.75, 3.05) is 7.05 Å².